The number of urea groups is 1. The largest absolute Gasteiger partial charge is 0.494 e. The fourth-order valence-corrected chi connectivity index (χ4v) is 2.48. The second kappa shape index (κ2) is 7.18. The maximum absolute atomic E-state index is 13.0. The Morgan fingerprint density at radius 3 is 2.31 bits per heavy atom. The van der Waals surface area contributed by atoms with E-state index < -0.39 is 23.7 Å². The molecule has 2 aromatic carbocycles. The van der Waals surface area contributed by atoms with E-state index in [2.05, 4.69) is 5.32 Å². The number of benzene rings is 2. The van der Waals surface area contributed by atoms with Crippen molar-refractivity contribution in [3.63, 3.8) is 0 Å². The molecular formula is C19H15FN2O4. The van der Waals surface area contributed by atoms with Gasteiger partial charge in [-0.3, -0.25) is 14.9 Å². The van der Waals surface area contributed by atoms with Crippen LogP contribution in [-0.2, 0) is 9.59 Å². The summed E-state index contributed by atoms with van der Waals surface area (Å²) in [6, 6.07) is 10.8. The molecule has 0 bridgehead atoms. The van der Waals surface area contributed by atoms with E-state index in [9.17, 15) is 18.8 Å². The lowest BCUT2D eigenvalue weighted by Crippen LogP contribution is -2.54. The first-order valence-corrected chi connectivity index (χ1v) is 7.89. The van der Waals surface area contributed by atoms with Crippen LogP contribution in [0.5, 0.6) is 5.75 Å². The molecule has 132 valence electrons. The molecule has 0 aliphatic carbocycles. The minimum absolute atomic E-state index is 0.218. The highest BCUT2D eigenvalue weighted by molar-refractivity contribution is 6.39. The van der Waals surface area contributed by atoms with Crippen LogP contribution in [0.25, 0.3) is 6.08 Å². The second-order valence-electron chi connectivity index (χ2n) is 5.44. The SMILES string of the molecule is CCOc1ccc(N2C(=O)NC(=O)C(=Cc3ccc(F)cc3)C2=O)cc1. The summed E-state index contributed by atoms with van der Waals surface area (Å²) in [5.74, 6) is -1.39. The highest BCUT2D eigenvalue weighted by Gasteiger charge is 2.36. The second-order valence-corrected chi connectivity index (χ2v) is 5.44. The Morgan fingerprint density at radius 1 is 1.04 bits per heavy atom. The molecule has 0 aromatic heterocycles. The zero-order valence-electron chi connectivity index (χ0n) is 13.9. The van der Waals surface area contributed by atoms with E-state index in [1.54, 1.807) is 24.3 Å². The Kier molecular flexibility index (Phi) is 4.79. The van der Waals surface area contributed by atoms with Crippen LogP contribution in [0, 0.1) is 5.82 Å². The van der Waals surface area contributed by atoms with Gasteiger partial charge in [-0.1, -0.05) is 12.1 Å². The van der Waals surface area contributed by atoms with Gasteiger partial charge in [0.05, 0.1) is 12.3 Å². The highest BCUT2D eigenvalue weighted by atomic mass is 19.1. The number of barbiturate groups is 1. The van der Waals surface area contributed by atoms with E-state index in [4.69, 9.17) is 4.74 Å². The maximum atomic E-state index is 13.0. The number of nitrogens with zero attached hydrogens (tertiary/aromatic N) is 1. The van der Waals surface area contributed by atoms with Crippen LogP contribution in [0.3, 0.4) is 0 Å². The van der Waals surface area contributed by atoms with Crippen LogP contribution in [0.4, 0.5) is 14.9 Å². The third kappa shape index (κ3) is 3.46. The first kappa shape index (κ1) is 17.3. The summed E-state index contributed by atoms with van der Waals surface area (Å²) in [5.41, 5.74) is 0.546. The van der Waals surface area contributed by atoms with Gasteiger partial charge < -0.3 is 4.74 Å². The number of anilines is 1. The molecule has 1 aliphatic rings. The predicted octanol–water partition coefficient (Wildman–Crippen LogP) is 2.89. The van der Waals surface area contributed by atoms with Crippen molar-refractivity contribution in [3.05, 3.63) is 65.5 Å². The number of hydrogen-bond acceptors (Lipinski definition) is 4. The molecule has 3 rings (SSSR count). The van der Waals surface area contributed by atoms with Crippen molar-refractivity contribution >= 4 is 29.6 Å². The number of ether oxygens (including phenoxy) is 1. The van der Waals surface area contributed by atoms with E-state index in [1.165, 1.54) is 30.3 Å². The van der Waals surface area contributed by atoms with E-state index in [1.807, 2.05) is 6.92 Å². The number of hydrogen-bond donors (Lipinski definition) is 1. The van der Waals surface area contributed by atoms with Gasteiger partial charge in [0.15, 0.2) is 0 Å². The van der Waals surface area contributed by atoms with Gasteiger partial charge >= 0.3 is 6.03 Å². The van der Waals surface area contributed by atoms with E-state index in [0.717, 1.165) is 4.90 Å². The van der Waals surface area contributed by atoms with Gasteiger partial charge in [0.1, 0.15) is 17.1 Å². The Balaban J connectivity index is 1.93. The van der Waals surface area contributed by atoms with Gasteiger partial charge in [-0.15, -0.1) is 0 Å². The van der Waals surface area contributed by atoms with Gasteiger partial charge in [-0.2, -0.15) is 0 Å². The molecule has 7 heteroatoms. The number of imide groups is 2. The summed E-state index contributed by atoms with van der Waals surface area (Å²) >= 11 is 0. The molecule has 26 heavy (non-hydrogen) atoms. The van der Waals surface area contributed by atoms with Crippen molar-refractivity contribution in [3.8, 4) is 5.75 Å². The first-order valence-electron chi connectivity index (χ1n) is 7.89. The quantitative estimate of drug-likeness (QED) is 0.677. The average molecular weight is 354 g/mol. The Labute approximate surface area is 148 Å². The van der Waals surface area contributed by atoms with Gasteiger partial charge in [0.2, 0.25) is 0 Å². The summed E-state index contributed by atoms with van der Waals surface area (Å²) in [4.78, 5) is 37.8. The third-order valence-electron chi connectivity index (χ3n) is 3.69. The van der Waals surface area contributed by atoms with Crippen LogP contribution in [0.1, 0.15) is 12.5 Å². The smallest absolute Gasteiger partial charge is 0.335 e. The molecule has 2 aromatic rings. The topological polar surface area (TPSA) is 75.7 Å². The molecular weight excluding hydrogens is 339 g/mol. The fourth-order valence-electron chi connectivity index (χ4n) is 2.48. The van der Waals surface area contributed by atoms with Gasteiger partial charge in [0.25, 0.3) is 11.8 Å². The van der Waals surface area contributed by atoms with Crippen LogP contribution in [0.15, 0.2) is 54.1 Å². The Hall–Kier alpha value is -3.48. The van der Waals surface area contributed by atoms with E-state index >= 15 is 0 Å². The normalized spacial score (nSPS) is 16.0. The van der Waals surface area contributed by atoms with Gasteiger partial charge in [0, 0.05) is 0 Å². The Morgan fingerprint density at radius 2 is 1.69 bits per heavy atom. The molecule has 0 saturated carbocycles. The fraction of sp³-hybridized carbons (Fsp3) is 0.105. The van der Waals surface area contributed by atoms with E-state index in [0.29, 0.717) is 23.6 Å². The number of nitrogens with one attached hydrogen (secondary N) is 1. The Bertz CT molecular complexity index is 889. The number of carbonyl (C=O) groups excluding carboxylic acids is 3. The molecule has 6 nitrogen and oxygen atoms in total. The van der Waals surface area contributed by atoms with E-state index in [-0.39, 0.29) is 5.57 Å². The van der Waals surface area contributed by atoms with Crippen molar-refractivity contribution in [2.75, 3.05) is 11.5 Å². The lowest BCUT2D eigenvalue weighted by atomic mass is 10.1. The summed E-state index contributed by atoms with van der Waals surface area (Å²) in [5, 5.41) is 2.13. The molecule has 0 spiro atoms. The van der Waals surface area contributed by atoms with Crippen molar-refractivity contribution in [2.24, 2.45) is 0 Å². The van der Waals surface area contributed by atoms with Gasteiger partial charge in [-0.05, 0) is 55.0 Å². The lowest BCUT2D eigenvalue weighted by molar-refractivity contribution is -0.122. The molecule has 4 amide bonds. The average Bonchev–Trinajstić information content (AvgIpc) is 2.62. The summed E-state index contributed by atoms with van der Waals surface area (Å²) < 4.78 is 18.3. The lowest BCUT2D eigenvalue weighted by Gasteiger charge is -2.26. The van der Waals surface area contributed by atoms with Crippen molar-refractivity contribution in [1.29, 1.82) is 0 Å². The molecule has 1 fully saturated rings. The molecule has 1 N–H and O–H groups in total. The van der Waals surface area contributed by atoms with Crippen molar-refractivity contribution in [1.82, 2.24) is 5.32 Å². The molecule has 1 heterocycles. The maximum Gasteiger partial charge on any atom is 0.335 e. The number of amides is 4. The number of rotatable bonds is 4. The highest BCUT2D eigenvalue weighted by Crippen LogP contribution is 2.24. The monoisotopic (exact) mass is 354 g/mol. The zero-order chi connectivity index (χ0) is 18.7. The van der Waals surface area contributed by atoms with Crippen molar-refractivity contribution < 1.29 is 23.5 Å². The van der Waals surface area contributed by atoms with Crippen LogP contribution >= 0.6 is 0 Å². The van der Waals surface area contributed by atoms with Crippen LogP contribution in [-0.4, -0.2) is 24.5 Å². The summed E-state index contributed by atoms with van der Waals surface area (Å²) in [6.45, 7) is 2.33. The minimum atomic E-state index is -0.833. The standard InChI is InChI=1S/C19H15FN2O4/c1-2-26-15-9-7-14(8-10-15)22-18(24)16(17(23)21-19(22)25)11-12-3-5-13(20)6-4-12/h3-11H,2H2,1H3,(H,21,23,25). The first-order chi connectivity index (χ1) is 12.5. The molecule has 1 aliphatic heterocycles. The zero-order valence-corrected chi connectivity index (χ0v) is 13.9. The third-order valence-corrected chi connectivity index (χ3v) is 3.69. The van der Waals surface area contributed by atoms with Crippen molar-refractivity contribution in [2.45, 2.75) is 6.92 Å². The summed E-state index contributed by atoms with van der Waals surface area (Å²) in [7, 11) is 0. The van der Waals surface area contributed by atoms with Gasteiger partial charge in [-0.25, -0.2) is 14.1 Å². The molecule has 0 radical (unpaired) electrons. The summed E-state index contributed by atoms with van der Waals surface area (Å²) in [6.07, 6.45) is 1.31. The predicted molar refractivity (Wildman–Crippen MR) is 93.0 cm³/mol. The molecule has 1 saturated heterocycles. The molecule has 0 unspecified atom stereocenters. The van der Waals surface area contributed by atoms with Crippen LogP contribution in [0.2, 0.25) is 0 Å². The number of halogens is 1. The number of carbonyl (C=O) groups is 3. The minimum Gasteiger partial charge on any atom is -0.494 e. The molecule has 0 atom stereocenters. The van der Waals surface area contributed by atoms with Crippen LogP contribution < -0.4 is 15.0 Å².